The topological polar surface area (TPSA) is 38.3 Å². The predicted octanol–water partition coefficient (Wildman–Crippen LogP) is 2.04. The first-order valence-electron chi connectivity index (χ1n) is 6.18. The van der Waals surface area contributed by atoms with Gasteiger partial charge in [-0.25, -0.2) is 0 Å². The number of hydrogen-bond donors (Lipinski definition) is 1. The van der Waals surface area contributed by atoms with Gasteiger partial charge in [0.25, 0.3) is 0 Å². The molecule has 0 saturated carbocycles. The molecule has 2 aliphatic heterocycles. The van der Waals surface area contributed by atoms with Gasteiger partial charge in [-0.15, -0.1) is 0 Å². The Morgan fingerprint density at radius 2 is 2.12 bits per heavy atom. The maximum atomic E-state index is 11.8. The lowest BCUT2D eigenvalue weighted by Crippen LogP contribution is -2.34. The maximum absolute atomic E-state index is 11.8. The highest BCUT2D eigenvalue weighted by Crippen LogP contribution is 2.51. The number of hydrogen-bond acceptors (Lipinski definition) is 2. The summed E-state index contributed by atoms with van der Waals surface area (Å²) in [5.41, 5.74) is 1.15. The molecule has 1 aromatic carbocycles. The van der Waals surface area contributed by atoms with Gasteiger partial charge in [0.2, 0.25) is 5.91 Å². The van der Waals surface area contributed by atoms with E-state index in [1.54, 1.807) is 0 Å². The van der Waals surface area contributed by atoms with E-state index < -0.39 is 0 Å². The van der Waals surface area contributed by atoms with Gasteiger partial charge in [-0.2, -0.15) is 0 Å². The van der Waals surface area contributed by atoms with Gasteiger partial charge in [-0.3, -0.25) is 4.79 Å². The van der Waals surface area contributed by atoms with Gasteiger partial charge in [0.1, 0.15) is 0 Å². The van der Waals surface area contributed by atoms with Gasteiger partial charge >= 0.3 is 0 Å². The van der Waals surface area contributed by atoms with Gasteiger partial charge in [0.15, 0.2) is 0 Å². The highest BCUT2D eigenvalue weighted by atomic mass is 16.5. The summed E-state index contributed by atoms with van der Waals surface area (Å²) in [5, 5.41) is 3.11. The van der Waals surface area contributed by atoms with Crippen molar-refractivity contribution in [1.29, 1.82) is 0 Å². The fraction of sp³-hybridized carbons (Fsp3) is 0.500. The van der Waals surface area contributed by atoms with Crippen LogP contribution in [0, 0.1) is 5.41 Å². The fourth-order valence-electron chi connectivity index (χ4n) is 3.22. The second kappa shape index (κ2) is 3.84. The molecule has 2 heterocycles. The summed E-state index contributed by atoms with van der Waals surface area (Å²) in [6.45, 7) is 2.85. The Bertz CT molecular complexity index is 431. The van der Waals surface area contributed by atoms with Crippen LogP contribution in [0.3, 0.4) is 0 Å². The number of benzene rings is 1. The summed E-state index contributed by atoms with van der Waals surface area (Å²) < 4.78 is 5.70. The fourth-order valence-corrected chi connectivity index (χ4v) is 3.22. The molecule has 3 unspecified atom stereocenters. The standard InChI is InChI=1S/C14H17NO2/c1-10-14(7-8-17-10)9-12(16)15-13(14)11-5-3-2-4-6-11/h2-6,10,13H,7-9H2,1H3,(H,15,16). The number of nitrogens with one attached hydrogen (secondary N) is 1. The third-order valence-corrected chi connectivity index (χ3v) is 4.25. The molecular weight excluding hydrogens is 214 g/mol. The molecular formula is C14H17NO2. The van der Waals surface area contributed by atoms with Crippen molar-refractivity contribution in [2.24, 2.45) is 5.41 Å². The second-order valence-corrected chi connectivity index (χ2v) is 5.08. The molecule has 3 heteroatoms. The van der Waals surface area contributed by atoms with Gasteiger partial charge in [-0.1, -0.05) is 30.3 Å². The van der Waals surface area contributed by atoms with Crippen LogP contribution in [0.15, 0.2) is 30.3 Å². The van der Waals surface area contributed by atoms with Crippen molar-refractivity contribution in [2.75, 3.05) is 6.61 Å². The Kier molecular flexibility index (Phi) is 2.44. The van der Waals surface area contributed by atoms with E-state index in [1.807, 2.05) is 18.2 Å². The normalized spacial score (nSPS) is 36.4. The first kappa shape index (κ1) is 10.8. The molecule has 0 radical (unpaired) electrons. The van der Waals surface area contributed by atoms with Crippen molar-refractivity contribution >= 4 is 5.91 Å². The van der Waals surface area contributed by atoms with E-state index >= 15 is 0 Å². The van der Waals surface area contributed by atoms with Crippen LogP contribution in [0.2, 0.25) is 0 Å². The first-order valence-corrected chi connectivity index (χ1v) is 6.18. The van der Waals surface area contributed by atoms with Crippen LogP contribution < -0.4 is 5.32 Å². The van der Waals surface area contributed by atoms with Crippen molar-refractivity contribution in [3.05, 3.63) is 35.9 Å². The monoisotopic (exact) mass is 231 g/mol. The van der Waals surface area contributed by atoms with E-state index in [-0.39, 0.29) is 23.5 Å². The summed E-state index contributed by atoms with van der Waals surface area (Å²) in [6, 6.07) is 10.3. The minimum Gasteiger partial charge on any atom is -0.378 e. The lowest BCUT2D eigenvalue weighted by molar-refractivity contribution is -0.120. The van der Waals surface area contributed by atoms with E-state index in [1.165, 1.54) is 5.56 Å². The summed E-state index contributed by atoms with van der Waals surface area (Å²) in [7, 11) is 0. The third kappa shape index (κ3) is 1.57. The van der Waals surface area contributed by atoms with Crippen molar-refractivity contribution < 1.29 is 9.53 Å². The average molecular weight is 231 g/mol. The summed E-state index contributed by atoms with van der Waals surface area (Å²) in [6.07, 6.45) is 1.70. The predicted molar refractivity (Wildman–Crippen MR) is 64.4 cm³/mol. The Morgan fingerprint density at radius 3 is 2.76 bits per heavy atom. The van der Waals surface area contributed by atoms with Crippen LogP contribution in [-0.4, -0.2) is 18.6 Å². The zero-order chi connectivity index (χ0) is 11.9. The molecule has 90 valence electrons. The molecule has 1 aromatic rings. The number of carbonyl (C=O) groups is 1. The largest absolute Gasteiger partial charge is 0.378 e. The molecule has 17 heavy (non-hydrogen) atoms. The highest BCUT2D eigenvalue weighted by Gasteiger charge is 2.54. The quantitative estimate of drug-likeness (QED) is 0.803. The molecule has 0 bridgehead atoms. The molecule has 0 aromatic heterocycles. The number of ether oxygens (including phenoxy) is 1. The minimum atomic E-state index is -0.0432. The van der Waals surface area contributed by atoms with E-state index in [2.05, 4.69) is 24.4 Å². The zero-order valence-corrected chi connectivity index (χ0v) is 9.98. The third-order valence-electron chi connectivity index (χ3n) is 4.25. The van der Waals surface area contributed by atoms with Gasteiger partial charge in [-0.05, 0) is 18.9 Å². The summed E-state index contributed by atoms with van der Waals surface area (Å²) in [4.78, 5) is 11.8. The zero-order valence-electron chi connectivity index (χ0n) is 9.98. The van der Waals surface area contributed by atoms with Crippen LogP contribution in [0.5, 0.6) is 0 Å². The average Bonchev–Trinajstić information content (AvgIpc) is 2.86. The minimum absolute atomic E-state index is 0.0432. The summed E-state index contributed by atoms with van der Waals surface area (Å²) >= 11 is 0. The molecule has 0 aliphatic carbocycles. The number of carbonyl (C=O) groups excluding carboxylic acids is 1. The van der Waals surface area contributed by atoms with Gasteiger partial charge < -0.3 is 10.1 Å². The lowest BCUT2D eigenvalue weighted by atomic mass is 9.72. The van der Waals surface area contributed by atoms with E-state index in [0.29, 0.717) is 6.42 Å². The van der Waals surface area contributed by atoms with Crippen LogP contribution in [0.1, 0.15) is 31.4 Å². The van der Waals surface area contributed by atoms with Crippen LogP contribution in [0.25, 0.3) is 0 Å². The van der Waals surface area contributed by atoms with E-state index in [9.17, 15) is 4.79 Å². The Labute approximate surface area is 101 Å². The highest BCUT2D eigenvalue weighted by molar-refractivity contribution is 5.80. The second-order valence-electron chi connectivity index (χ2n) is 5.08. The van der Waals surface area contributed by atoms with Gasteiger partial charge in [0, 0.05) is 18.4 Å². The van der Waals surface area contributed by atoms with Crippen molar-refractivity contribution in [3.63, 3.8) is 0 Å². The van der Waals surface area contributed by atoms with Crippen molar-refractivity contribution in [1.82, 2.24) is 5.32 Å². The summed E-state index contributed by atoms with van der Waals surface area (Å²) in [5.74, 6) is 0.149. The molecule has 1 amide bonds. The van der Waals surface area contributed by atoms with Crippen LogP contribution in [-0.2, 0) is 9.53 Å². The van der Waals surface area contributed by atoms with Crippen molar-refractivity contribution in [3.8, 4) is 0 Å². The van der Waals surface area contributed by atoms with E-state index in [0.717, 1.165) is 13.0 Å². The Balaban J connectivity index is 2.00. The van der Waals surface area contributed by atoms with E-state index in [4.69, 9.17) is 4.74 Å². The number of amides is 1. The molecule has 3 atom stereocenters. The molecule has 1 spiro atoms. The molecule has 3 rings (SSSR count). The molecule has 2 aliphatic rings. The molecule has 1 N–H and O–H groups in total. The molecule has 2 fully saturated rings. The van der Waals surface area contributed by atoms with Crippen molar-refractivity contribution in [2.45, 2.75) is 31.9 Å². The number of rotatable bonds is 1. The first-order chi connectivity index (χ1) is 8.22. The Hall–Kier alpha value is -1.35. The molecule has 3 nitrogen and oxygen atoms in total. The Morgan fingerprint density at radius 1 is 1.35 bits per heavy atom. The molecule has 2 saturated heterocycles. The smallest absolute Gasteiger partial charge is 0.221 e. The SMILES string of the molecule is CC1OCCC12CC(=O)NC2c1ccccc1. The van der Waals surface area contributed by atoms with Gasteiger partial charge in [0.05, 0.1) is 12.1 Å². The lowest BCUT2D eigenvalue weighted by Gasteiger charge is -2.32. The van der Waals surface area contributed by atoms with Crippen LogP contribution in [0.4, 0.5) is 0 Å². The maximum Gasteiger partial charge on any atom is 0.221 e. The van der Waals surface area contributed by atoms with Crippen LogP contribution >= 0.6 is 0 Å².